The maximum absolute atomic E-state index is 12.7. The topological polar surface area (TPSA) is 235 Å². The van der Waals surface area contributed by atoms with Crippen LogP contribution in [0.2, 0.25) is 0 Å². The number of nitrogens with two attached hydrogens (primary N) is 2. The molecule has 1 fully saturated rings. The molecule has 0 saturated carbocycles. The van der Waals surface area contributed by atoms with E-state index in [1.54, 1.807) is 0 Å². The van der Waals surface area contributed by atoms with Gasteiger partial charge in [0.15, 0.2) is 23.8 Å². The molecule has 0 spiro atoms. The number of carbonyl (C=O) groups is 2. The Morgan fingerprint density at radius 2 is 1.97 bits per heavy atom. The molecule has 178 valence electrons. The van der Waals surface area contributed by atoms with Crippen molar-refractivity contribution in [1.82, 2.24) is 24.8 Å². The number of hydrogen-bond donors (Lipinski definition) is 5. The highest BCUT2D eigenvalue weighted by molar-refractivity contribution is 5.84. The fraction of sp³-hybridized carbons (Fsp3) is 0.316. The van der Waals surface area contributed by atoms with E-state index in [1.807, 2.05) is 0 Å². The van der Waals surface area contributed by atoms with E-state index in [0.29, 0.717) is 5.56 Å². The van der Waals surface area contributed by atoms with Gasteiger partial charge in [-0.25, -0.2) is 19.7 Å². The molecule has 34 heavy (non-hydrogen) atoms. The maximum atomic E-state index is 12.7. The van der Waals surface area contributed by atoms with Crippen LogP contribution in [0, 0.1) is 10.1 Å². The van der Waals surface area contributed by atoms with Crippen molar-refractivity contribution < 1.29 is 29.5 Å². The SMILES string of the molecule is Nc1ncnc2c1ncn2C1OC(C(=O)O)C(NC(=O)C(N)Cc2ccc([N+](=O)[O-])cc2)C1O. The first-order valence-electron chi connectivity index (χ1n) is 9.96. The normalized spacial score (nSPS) is 23.0. The number of aliphatic carboxylic acids is 1. The van der Waals surface area contributed by atoms with Crippen LogP contribution in [0.25, 0.3) is 11.2 Å². The van der Waals surface area contributed by atoms with Crippen molar-refractivity contribution in [2.75, 3.05) is 5.73 Å². The lowest BCUT2D eigenvalue weighted by molar-refractivity contribution is -0.384. The van der Waals surface area contributed by atoms with E-state index in [9.17, 15) is 29.9 Å². The second-order valence-corrected chi connectivity index (χ2v) is 7.63. The number of imidazole rings is 1. The predicted molar refractivity (Wildman–Crippen MR) is 114 cm³/mol. The molecule has 1 aliphatic rings. The number of nitrogens with one attached hydrogen (secondary N) is 1. The van der Waals surface area contributed by atoms with Gasteiger partial charge in [-0.2, -0.15) is 0 Å². The van der Waals surface area contributed by atoms with Crippen LogP contribution >= 0.6 is 0 Å². The van der Waals surface area contributed by atoms with Crippen LogP contribution in [0.5, 0.6) is 0 Å². The zero-order valence-corrected chi connectivity index (χ0v) is 17.4. The maximum Gasteiger partial charge on any atom is 0.335 e. The Labute approximate surface area is 190 Å². The summed E-state index contributed by atoms with van der Waals surface area (Å²) < 4.78 is 6.83. The summed E-state index contributed by atoms with van der Waals surface area (Å²) in [5.74, 6) is -2.05. The summed E-state index contributed by atoms with van der Waals surface area (Å²) in [6, 6.07) is 3.04. The fourth-order valence-electron chi connectivity index (χ4n) is 3.70. The van der Waals surface area contributed by atoms with Crippen molar-refractivity contribution in [2.45, 2.75) is 36.9 Å². The van der Waals surface area contributed by atoms with Crippen LogP contribution in [0.1, 0.15) is 11.8 Å². The summed E-state index contributed by atoms with van der Waals surface area (Å²) in [5, 5.41) is 33.6. The number of nitro groups is 1. The number of aliphatic hydroxyl groups excluding tert-OH is 1. The van der Waals surface area contributed by atoms with Gasteiger partial charge in [-0.05, 0) is 12.0 Å². The smallest absolute Gasteiger partial charge is 0.335 e. The lowest BCUT2D eigenvalue weighted by atomic mass is 10.0. The Hall–Kier alpha value is -4.21. The summed E-state index contributed by atoms with van der Waals surface area (Å²) >= 11 is 0. The molecule has 2 aromatic heterocycles. The highest BCUT2D eigenvalue weighted by atomic mass is 16.6. The minimum atomic E-state index is -1.59. The van der Waals surface area contributed by atoms with Crippen molar-refractivity contribution >= 4 is 34.5 Å². The molecule has 15 heteroatoms. The lowest BCUT2D eigenvalue weighted by Gasteiger charge is -2.22. The molecule has 5 unspecified atom stereocenters. The van der Waals surface area contributed by atoms with Gasteiger partial charge in [0.05, 0.1) is 23.3 Å². The van der Waals surface area contributed by atoms with Crippen LogP contribution < -0.4 is 16.8 Å². The molecule has 1 aliphatic heterocycles. The van der Waals surface area contributed by atoms with Crippen LogP contribution in [-0.2, 0) is 20.7 Å². The minimum Gasteiger partial charge on any atom is -0.479 e. The molecule has 3 aromatic rings. The molecule has 0 bridgehead atoms. The molecule has 15 nitrogen and oxygen atoms in total. The number of benzene rings is 1. The third-order valence-corrected chi connectivity index (χ3v) is 5.43. The van der Waals surface area contributed by atoms with Crippen LogP contribution in [0.3, 0.4) is 0 Å². The molecule has 1 aromatic carbocycles. The zero-order chi connectivity index (χ0) is 24.6. The molecule has 5 atom stereocenters. The number of nitro benzene ring substituents is 1. The summed E-state index contributed by atoms with van der Waals surface area (Å²) in [4.78, 5) is 46.6. The number of carboxylic acids is 1. The van der Waals surface area contributed by atoms with Crippen molar-refractivity contribution in [3.05, 3.63) is 52.6 Å². The number of aromatic nitrogens is 4. The summed E-state index contributed by atoms with van der Waals surface area (Å²) in [6.45, 7) is 0. The van der Waals surface area contributed by atoms with Crippen LogP contribution in [0.4, 0.5) is 11.5 Å². The molecule has 1 amide bonds. The number of non-ortho nitro benzene ring substituents is 1. The van der Waals surface area contributed by atoms with E-state index in [0.717, 1.165) is 0 Å². The fourth-order valence-corrected chi connectivity index (χ4v) is 3.70. The van der Waals surface area contributed by atoms with E-state index in [4.69, 9.17) is 16.2 Å². The Morgan fingerprint density at radius 3 is 2.62 bits per heavy atom. The molecule has 3 heterocycles. The second-order valence-electron chi connectivity index (χ2n) is 7.63. The van der Waals surface area contributed by atoms with Gasteiger partial charge >= 0.3 is 5.97 Å². The van der Waals surface area contributed by atoms with Crippen molar-refractivity contribution in [2.24, 2.45) is 5.73 Å². The average Bonchev–Trinajstić information content (AvgIpc) is 3.36. The van der Waals surface area contributed by atoms with Gasteiger partial charge < -0.3 is 31.7 Å². The number of ether oxygens (including phenoxy) is 1. The van der Waals surface area contributed by atoms with Gasteiger partial charge in [-0.3, -0.25) is 19.5 Å². The van der Waals surface area contributed by atoms with Crippen molar-refractivity contribution in [3.63, 3.8) is 0 Å². The molecule has 0 radical (unpaired) electrons. The monoisotopic (exact) mass is 472 g/mol. The second kappa shape index (κ2) is 8.97. The highest BCUT2D eigenvalue weighted by Crippen LogP contribution is 2.32. The quantitative estimate of drug-likeness (QED) is 0.200. The Bertz CT molecular complexity index is 1250. The van der Waals surface area contributed by atoms with E-state index in [1.165, 1.54) is 41.5 Å². The molecule has 0 aliphatic carbocycles. The van der Waals surface area contributed by atoms with E-state index >= 15 is 0 Å². The number of rotatable bonds is 7. The Balaban J connectivity index is 1.50. The average molecular weight is 472 g/mol. The first-order valence-corrected chi connectivity index (χ1v) is 9.96. The van der Waals surface area contributed by atoms with Gasteiger partial charge in [0, 0.05) is 12.1 Å². The summed E-state index contributed by atoms with van der Waals surface area (Å²) in [7, 11) is 0. The van der Waals surface area contributed by atoms with Gasteiger partial charge in [0.2, 0.25) is 5.91 Å². The number of hydrogen-bond acceptors (Lipinski definition) is 11. The number of nitrogen functional groups attached to an aromatic ring is 1. The number of fused-ring (bicyclic) bond motifs is 1. The first-order chi connectivity index (χ1) is 16.2. The molecular weight excluding hydrogens is 452 g/mol. The minimum absolute atomic E-state index is 0.0248. The Morgan fingerprint density at radius 1 is 1.26 bits per heavy atom. The number of anilines is 1. The van der Waals surface area contributed by atoms with E-state index < -0.39 is 47.3 Å². The van der Waals surface area contributed by atoms with E-state index in [2.05, 4.69) is 20.3 Å². The molecule has 7 N–H and O–H groups in total. The molecular formula is C19H20N8O7. The lowest BCUT2D eigenvalue weighted by Crippen LogP contribution is -2.54. The summed E-state index contributed by atoms with van der Waals surface area (Å²) in [5.41, 5.74) is 12.6. The third-order valence-electron chi connectivity index (χ3n) is 5.43. The molecule has 1 saturated heterocycles. The zero-order valence-electron chi connectivity index (χ0n) is 17.4. The third kappa shape index (κ3) is 4.21. The highest BCUT2D eigenvalue weighted by Gasteiger charge is 2.49. The van der Waals surface area contributed by atoms with Crippen LogP contribution in [0.15, 0.2) is 36.9 Å². The number of amides is 1. The summed E-state index contributed by atoms with van der Waals surface area (Å²) in [6.07, 6.45) is -1.85. The standard InChI is InChI=1S/C19H20N8O7/c20-10(5-8-1-3-9(4-2-8)27(32)33)17(29)25-11-13(28)18(34-14(11)19(30)31)26-7-24-12-15(21)22-6-23-16(12)26/h1-4,6-7,10-11,13-14,18,28H,5,20H2,(H,25,29)(H,30,31)(H2,21,22,23). The Kier molecular flexibility index (Phi) is 6.06. The predicted octanol–water partition coefficient (Wildman–Crippen LogP) is -1.29. The number of carboxylic acid groups (broad SMARTS) is 1. The molecule has 4 rings (SSSR count). The van der Waals surface area contributed by atoms with E-state index in [-0.39, 0.29) is 29.1 Å². The first kappa shape index (κ1) is 23.0. The van der Waals surface area contributed by atoms with Crippen molar-refractivity contribution in [1.29, 1.82) is 0 Å². The number of aliphatic hydroxyl groups is 1. The van der Waals surface area contributed by atoms with Crippen molar-refractivity contribution in [3.8, 4) is 0 Å². The van der Waals surface area contributed by atoms with Gasteiger partial charge in [0.25, 0.3) is 5.69 Å². The van der Waals surface area contributed by atoms with Gasteiger partial charge in [-0.15, -0.1) is 0 Å². The van der Waals surface area contributed by atoms with Crippen LogP contribution in [-0.4, -0.2) is 70.8 Å². The number of nitrogens with zero attached hydrogens (tertiary/aromatic N) is 5. The van der Waals surface area contributed by atoms with Gasteiger partial charge in [-0.1, -0.05) is 12.1 Å². The largest absolute Gasteiger partial charge is 0.479 e. The van der Waals surface area contributed by atoms with Gasteiger partial charge in [0.1, 0.15) is 17.9 Å². The number of carbonyl (C=O) groups excluding carboxylic acids is 1.